The number of thiophene rings is 1. The van der Waals surface area contributed by atoms with E-state index in [1.54, 1.807) is 28.0 Å². The number of amides is 1. The highest BCUT2D eigenvalue weighted by Crippen LogP contribution is 2.23. The van der Waals surface area contributed by atoms with Gasteiger partial charge in [-0.1, -0.05) is 19.4 Å². The van der Waals surface area contributed by atoms with Gasteiger partial charge in [0, 0.05) is 12.1 Å². The van der Waals surface area contributed by atoms with Crippen molar-refractivity contribution >= 4 is 28.7 Å². The highest BCUT2D eigenvalue weighted by molar-refractivity contribution is 7.13. The zero-order valence-corrected chi connectivity index (χ0v) is 13.1. The zero-order valence-electron chi connectivity index (χ0n) is 12.2. The van der Waals surface area contributed by atoms with Crippen LogP contribution in [0.25, 0.3) is 16.3 Å². The summed E-state index contributed by atoms with van der Waals surface area (Å²) in [5.41, 5.74) is 7.08. The molecule has 0 bridgehead atoms. The number of unbranched alkanes of at least 4 members (excludes halogenated alkanes) is 1. The van der Waals surface area contributed by atoms with Gasteiger partial charge in [-0.05, 0) is 30.0 Å². The summed E-state index contributed by atoms with van der Waals surface area (Å²) in [6.45, 7) is 2.74. The Morgan fingerprint density at radius 2 is 2.32 bits per heavy atom. The Hall–Kier alpha value is -2.41. The van der Waals surface area contributed by atoms with Gasteiger partial charge in [0.1, 0.15) is 5.82 Å². The molecule has 0 atom stereocenters. The third-order valence-electron chi connectivity index (χ3n) is 3.28. The topological polar surface area (TPSA) is 85.3 Å². The van der Waals surface area contributed by atoms with Gasteiger partial charge < -0.3 is 11.1 Å². The molecule has 0 fully saturated rings. The lowest BCUT2D eigenvalue weighted by Gasteiger charge is -2.05. The average molecular weight is 315 g/mol. The largest absolute Gasteiger partial charge is 0.384 e. The lowest BCUT2D eigenvalue weighted by molar-refractivity contribution is 0.0953. The zero-order chi connectivity index (χ0) is 15.5. The number of hydrogen-bond acceptors (Lipinski definition) is 5. The van der Waals surface area contributed by atoms with E-state index in [4.69, 9.17) is 5.73 Å². The van der Waals surface area contributed by atoms with Crippen LogP contribution in [0.1, 0.15) is 30.1 Å². The normalized spacial score (nSPS) is 11.0. The van der Waals surface area contributed by atoms with Crippen LogP contribution >= 0.6 is 11.3 Å². The van der Waals surface area contributed by atoms with Crippen LogP contribution in [0.4, 0.5) is 5.82 Å². The number of nitrogen functional groups attached to an aromatic ring is 1. The maximum atomic E-state index is 12.1. The van der Waals surface area contributed by atoms with Crippen molar-refractivity contribution in [3.05, 3.63) is 35.2 Å². The quantitative estimate of drug-likeness (QED) is 0.709. The Bertz CT molecular complexity index is 794. The van der Waals surface area contributed by atoms with Crippen molar-refractivity contribution in [3.8, 4) is 10.7 Å². The van der Waals surface area contributed by atoms with Crippen LogP contribution in [-0.4, -0.2) is 27.0 Å². The molecular weight excluding hydrogens is 298 g/mol. The van der Waals surface area contributed by atoms with Gasteiger partial charge in [0.05, 0.1) is 4.88 Å². The fourth-order valence-electron chi connectivity index (χ4n) is 2.13. The fourth-order valence-corrected chi connectivity index (χ4v) is 2.78. The van der Waals surface area contributed by atoms with Crippen molar-refractivity contribution in [2.75, 3.05) is 12.3 Å². The van der Waals surface area contributed by atoms with E-state index in [-0.39, 0.29) is 5.91 Å². The summed E-state index contributed by atoms with van der Waals surface area (Å²) in [6.07, 6.45) is 1.99. The molecule has 0 spiro atoms. The summed E-state index contributed by atoms with van der Waals surface area (Å²) in [7, 11) is 0. The van der Waals surface area contributed by atoms with Crippen LogP contribution in [0.2, 0.25) is 0 Å². The molecule has 114 valence electrons. The molecule has 3 heterocycles. The van der Waals surface area contributed by atoms with E-state index in [9.17, 15) is 4.79 Å². The number of nitrogens with zero attached hydrogens (tertiary/aromatic N) is 3. The van der Waals surface area contributed by atoms with Gasteiger partial charge in [-0.3, -0.25) is 4.79 Å². The molecule has 3 N–H and O–H groups in total. The molecular formula is C15H17N5OS. The van der Waals surface area contributed by atoms with E-state index < -0.39 is 0 Å². The lowest BCUT2D eigenvalue weighted by Crippen LogP contribution is -2.24. The van der Waals surface area contributed by atoms with E-state index in [1.165, 1.54) is 0 Å². The molecule has 0 radical (unpaired) electrons. The highest BCUT2D eigenvalue weighted by Gasteiger charge is 2.13. The molecule has 3 aromatic heterocycles. The molecule has 0 saturated heterocycles. The van der Waals surface area contributed by atoms with E-state index in [0.29, 0.717) is 29.4 Å². The number of aromatic nitrogens is 3. The Balaban J connectivity index is 1.92. The number of hydrogen-bond donors (Lipinski definition) is 2. The predicted octanol–water partition coefficient (Wildman–Crippen LogP) is 2.57. The molecule has 3 rings (SSSR count). The molecule has 7 heteroatoms. The smallest absolute Gasteiger partial charge is 0.251 e. The van der Waals surface area contributed by atoms with E-state index in [2.05, 4.69) is 22.3 Å². The van der Waals surface area contributed by atoms with E-state index >= 15 is 0 Å². The minimum absolute atomic E-state index is 0.136. The van der Waals surface area contributed by atoms with Crippen LogP contribution in [0, 0.1) is 0 Å². The summed E-state index contributed by atoms with van der Waals surface area (Å²) >= 11 is 1.56. The minimum Gasteiger partial charge on any atom is -0.384 e. The number of anilines is 1. The van der Waals surface area contributed by atoms with Gasteiger partial charge in [-0.15, -0.1) is 16.4 Å². The van der Waals surface area contributed by atoms with Crippen LogP contribution in [-0.2, 0) is 0 Å². The van der Waals surface area contributed by atoms with Crippen molar-refractivity contribution in [3.63, 3.8) is 0 Å². The number of nitrogens with two attached hydrogens (primary N) is 1. The Morgan fingerprint density at radius 3 is 3.05 bits per heavy atom. The first kappa shape index (κ1) is 14.5. The van der Waals surface area contributed by atoms with Crippen molar-refractivity contribution in [2.24, 2.45) is 0 Å². The number of nitrogens with one attached hydrogen (secondary N) is 1. The Labute approximate surface area is 132 Å². The number of carbonyl (C=O) groups is 1. The lowest BCUT2D eigenvalue weighted by atomic mass is 10.2. The maximum Gasteiger partial charge on any atom is 0.251 e. The first-order valence-corrected chi connectivity index (χ1v) is 8.05. The minimum atomic E-state index is -0.136. The number of pyridine rings is 1. The third-order valence-corrected chi connectivity index (χ3v) is 4.15. The van der Waals surface area contributed by atoms with Crippen LogP contribution in [0.3, 0.4) is 0 Å². The summed E-state index contributed by atoms with van der Waals surface area (Å²) in [5.74, 6) is 0.877. The second kappa shape index (κ2) is 6.15. The Kier molecular flexibility index (Phi) is 4.06. The molecule has 1 amide bonds. The SMILES string of the molecule is CCCCNC(=O)c1cc(N)n2nc(-c3cccs3)nc2c1. The summed E-state index contributed by atoms with van der Waals surface area (Å²) in [5, 5.41) is 9.24. The van der Waals surface area contributed by atoms with Gasteiger partial charge >= 0.3 is 0 Å². The molecule has 6 nitrogen and oxygen atoms in total. The van der Waals surface area contributed by atoms with Crippen molar-refractivity contribution in [1.82, 2.24) is 19.9 Å². The average Bonchev–Trinajstić information content (AvgIpc) is 3.16. The molecule has 0 aromatic carbocycles. The van der Waals surface area contributed by atoms with Crippen molar-refractivity contribution in [1.29, 1.82) is 0 Å². The summed E-state index contributed by atoms with van der Waals surface area (Å²) in [6, 6.07) is 7.23. The maximum absolute atomic E-state index is 12.1. The molecule has 0 saturated carbocycles. The van der Waals surface area contributed by atoms with Crippen LogP contribution in [0.5, 0.6) is 0 Å². The fraction of sp³-hybridized carbons (Fsp3) is 0.267. The summed E-state index contributed by atoms with van der Waals surface area (Å²) < 4.78 is 1.55. The molecule has 22 heavy (non-hydrogen) atoms. The number of carbonyl (C=O) groups excluding carboxylic acids is 1. The second-order valence-electron chi connectivity index (χ2n) is 4.96. The van der Waals surface area contributed by atoms with Gasteiger partial charge in [-0.2, -0.15) is 4.52 Å². The highest BCUT2D eigenvalue weighted by atomic mass is 32.1. The molecule has 0 aliphatic heterocycles. The molecule has 0 aliphatic rings. The van der Waals surface area contributed by atoms with E-state index in [1.807, 2.05) is 17.5 Å². The van der Waals surface area contributed by atoms with Crippen LogP contribution in [0.15, 0.2) is 29.6 Å². The van der Waals surface area contributed by atoms with Crippen LogP contribution < -0.4 is 11.1 Å². The van der Waals surface area contributed by atoms with Gasteiger partial charge in [-0.25, -0.2) is 4.98 Å². The summed E-state index contributed by atoms with van der Waals surface area (Å²) in [4.78, 5) is 17.6. The molecule has 0 aliphatic carbocycles. The second-order valence-corrected chi connectivity index (χ2v) is 5.91. The molecule has 3 aromatic rings. The number of fused-ring (bicyclic) bond motifs is 1. The van der Waals surface area contributed by atoms with Gasteiger partial charge in [0.15, 0.2) is 11.5 Å². The monoisotopic (exact) mass is 315 g/mol. The van der Waals surface area contributed by atoms with Gasteiger partial charge in [0.25, 0.3) is 5.91 Å². The third kappa shape index (κ3) is 2.80. The first-order chi connectivity index (χ1) is 10.7. The standard InChI is InChI=1S/C15H17N5OS/c1-2-3-6-17-15(21)10-8-12(16)20-13(9-10)18-14(19-20)11-5-4-7-22-11/h4-5,7-9H,2-3,6,16H2,1H3,(H,17,21). The Morgan fingerprint density at radius 1 is 1.45 bits per heavy atom. The molecule has 0 unspecified atom stereocenters. The van der Waals surface area contributed by atoms with E-state index in [0.717, 1.165) is 17.7 Å². The van der Waals surface area contributed by atoms with Crippen molar-refractivity contribution < 1.29 is 4.79 Å². The predicted molar refractivity (Wildman–Crippen MR) is 88.0 cm³/mol. The first-order valence-electron chi connectivity index (χ1n) is 7.17. The van der Waals surface area contributed by atoms with Crippen molar-refractivity contribution in [2.45, 2.75) is 19.8 Å². The number of rotatable bonds is 5. The van der Waals surface area contributed by atoms with Gasteiger partial charge in [0.2, 0.25) is 0 Å².